The Morgan fingerprint density at radius 2 is 2.00 bits per heavy atom. The summed E-state index contributed by atoms with van der Waals surface area (Å²) < 4.78 is 13.0. The number of carbonyl (C=O) groups excluding carboxylic acids is 2. The first-order chi connectivity index (χ1) is 11.1. The van der Waals surface area contributed by atoms with Gasteiger partial charge < -0.3 is 9.80 Å². The molecule has 2 aliphatic heterocycles. The van der Waals surface area contributed by atoms with E-state index in [1.54, 1.807) is 17.0 Å². The van der Waals surface area contributed by atoms with Gasteiger partial charge in [0.1, 0.15) is 5.82 Å². The van der Waals surface area contributed by atoms with Gasteiger partial charge in [0.2, 0.25) is 11.8 Å². The molecule has 2 heterocycles. The van der Waals surface area contributed by atoms with Crippen LogP contribution in [0.1, 0.15) is 39.0 Å². The summed E-state index contributed by atoms with van der Waals surface area (Å²) in [6.45, 7) is 3.32. The molecule has 0 aliphatic carbocycles. The molecule has 23 heavy (non-hydrogen) atoms. The second-order valence-corrected chi connectivity index (χ2v) is 6.47. The predicted molar refractivity (Wildman–Crippen MR) is 86.5 cm³/mol. The molecule has 2 saturated heterocycles. The first-order valence-electron chi connectivity index (χ1n) is 8.46. The molecule has 0 saturated carbocycles. The van der Waals surface area contributed by atoms with E-state index in [9.17, 15) is 14.0 Å². The van der Waals surface area contributed by atoms with Gasteiger partial charge in [0.05, 0.1) is 5.92 Å². The van der Waals surface area contributed by atoms with Crippen molar-refractivity contribution >= 4 is 17.5 Å². The van der Waals surface area contributed by atoms with Crippen LogP contribution in [0, 0.1) is 11.7 Å². The van der Waals surface area contributed by atoms with Crippen LogP contribution in [0.25, 0.3) is 0 Å². The largest absolute Gasteiger partial charge is 0.339 e. The average Bonchev–Trinajstić information content (AvgIpc) is 2.96. The fourth-order valence-electron chi connectivity index (χ4n) is 3.69. The Bertz CT molecular complexity index is 587. The molecule has 0 radical (unpaired) electrons. The molecular formula is C18H23FN2O2. The maximum absolute atomic E-state index is 13.0. The normalized spacial score (nSPS) is 25.0. The van der Waals surface area contributed by atoms with E-state index in [4.69, 9.17) is 0 Å². The molecule has 0 spiro atoms. The summed E-state index contributed by atoms with van der Waals surface area (Å²) >= 11 is 0. The third kappa shape index (κ3) is 3.23. The number of benzene rings is 1. The van der Waals surface area contributed by atoms with Crippen molar-refractivity contribution in [1.82, 2.24) is 4.90 Å². The molecule has 4 nitrogen and oxygen atoms in total. The number of rotatable bonds is 3. The molecule has 0 aromatic heterocycles. The first kappa shape index (κ1) is 16.0. The second kappa shape index (κ2) is 6.69. The molecule has 124 valence electrons. The Balaban J connectivity index is 1.71. The molecule has 0 bridgehead atoms. The van der Waals surface area contributed by atoms with Crippen LogP contribution in [0.3, 0.4) is 0 Å². The zero-order chi connectivity index (χ0) is 16.4. The van der Waals surface area contributed by atoms with Crippen LogP contribution in [0.15, 0.2) is 24.3 Å². The monoisotopic (exact) mass is 318 g/mol. The minimum atomic E-state index is -0.327. The number of halogens is 1. The van der Waals surface area contributed by atoms with E-state index in [0.717, 1.165) is 25.8 Å². The summed E-state index contributed by atoms with van der Waals surface area (Å²) in [6.07, 6.45) is 4.50. The molecule has 5 heteroatoms. The van der Waals surface area contributed by atoms with Crippen molar-refractivity contribution in [3.05, 3.63) is 30.1 Å². The van der Waals surface area contributed by atoms with E-state index in [1.807, 2.05) is 4.90 Å². The van der Waals surface area contributed by atoms with Gasteiger partial charge >= 0.3 is 0 Å². The van der Waals surface area contributed by atoms with E-state index < -0.39 is 0 Å². The third-order valence-corrected chi connectivity index (χ3v) is 4.99. The van der Waals surface area contributed by atoms with E-state index in [-0.39, 0.29) is 30.0 Å². The van der Waals surface area contributed by atoms with E-state index in [1.165, 1.54) is 18.6 Å². The zero-order valence-corrected chi connectivity index (χ0v) is 13.5. The first-order valence-corrected chi connectivity index (χ1v) is 8.46. The highest BCUT2D eigenvalue weighted by Crippen LogP contribution is 2.29. The maximum atomic E-state index is 13.0. The molecule has 2 amide bonds. The van der Waals surface area contributed by atoms with Gasteiger partial charge in [-0.05, 0) is 49.9 Å². The summed E-state index contributed by atoms with van der Waals surface area (Å²) in [5, 5.41) is 0. The van der Waals surface area contributed by atoms with Gasteiger partial charge in [0.25, 0.3) is 0 Å². The van der Waals surface area contributed by atoms with Crippen molar-refractivity contribution in [3.8, 4) is 0 Å². The van der Waals surface area contributed by atoms with Crippen molar-refractivity contribution in [1.29, 1.82) is 0 Å². The summed E-state index contributed by atoms with van der Waals surface area (Å²) in [7, 11) is 0. The van der Waals surface area contributed by atoms with Crippen molar-refractivity contribution < 1.29 is 14.0 Å². The highest BCUT2D eigenvalue weighted by Gasteiger charge is 2.39. The molecule has 0 unspecified atom stereocenters. The standard InChI is InChI=1S/C18H23FN2O2/c1-2-15-5-3-4-10-20(15)18(23)13-11-17(22)21(12-13)16-8-6-14(19)7-9-16/h6-9,13,15H,2-5,10-12H2,1H3/t13-,15+/m0/s1. The summed E-state index contributed by atoms with van der Waals surface area (Å²) in [5.74, 6) is -0.554. The molecule has 2 aliphatic rings. The van der Waals surface area contributed by atoms with Crippen LogP contribution in [-0.2, 0) is 9.59 Å². The lowest BCUT2D eigenvalue weighted by Crippen LogP contribution is -2.46. The molecule has 3 rings (SSSR count). The van der Waals surface area contributed by atoms with Gasteiger partial charge in [-0.25, -0.2) is 4.39 Å². The van der Waals surface area contributed by atoms with E-state index >= 15 is 0 Å². The van der Waals surface area contributed by atoms with E-state index in [0.29, 0.717) is 18.3 Å². The van der Waals surface area contributed by atoms with Crippen LogP contribution >= 0.6 is 0 Å². The SMILES string of the molecule is CC[C@@H]1CCCCN1C(=O)[C@H]1CC(=O)N(c2ccc(F)cc2)C1. The Kier molecular flexibility index (Phi) is 4.64. The van der Waals surface area contributed by atoms with Crippen LogP contribution in [0.5, 0.6) is 0 Å². The van der Waals surface area contributed by atoms with Crippen molar-refractivity contribution in [2.75, 3.05) is 18.0 Å². The third-order valence-electron chi connectivity index (χ3n) is 4.99. The van der Waals surface area contributed by atoms with Gasteiger partial charge in [0.15, 0.2) is 0 Å². The summed E-state index contributed by atoms with van der Waals surface area (Å²) in [5.41, 5.74) is 0.664. The van der Waals surface area contributed by atoms with Gasteiger partial charge in [-0.2, -0.15) is 0 Å². The smallest absolute Gasteiger partial charge is 0.228 e. The molecule has 0 N–H and O–H groups in total. The summed E-state index contributed by atoms with van der Waals surface area (Å²) in [4.78, 5) is 28.7. The minimum Gasteiger partial charge on any atom is -0.339 e. The Morgan fingerprint density at radius 3 is 2.70 bits per heavy atom. The van der Waals surface area contributed by atoms with Crippen LogP contribution in [-0.4, -0.2) is 35.8 Å². The van der Waals surface area contributed by atoms with Gasteiger partial charge in [0, 0.05) is 31.2 Å². The fourth-order valence-corrected chi connectivity index (χ4v) is 3.69. The lowest BCUT2D eigenvalue weighted by Gasteiger charge is -2.36. The molecule has 2 fully saturated rings. The number of hydrogen-bond donors (Lipinski definition) is 0. The lowest BCUT2D eigenvalue weighted by molar-refractivity contribution is -0.139. The average molecular weight is 318 g/mol. The topological polar surface area (TPSA) is 40.6 Å². The molecular weight excluding hydrogens is 295 g/mol. The lowest BCUT2D eigenvalue weighted by atomic mass is 9.97. The number of amides is 2. The van der Waals surface area contributed by atoms with E-state index in [2.05, 4.69) is 6.92 Å². The Labute approximate surface area is 136 Å². The van der Waals surface area contributed by atoms with Crippen LogP contribution in [0.2, 0.25) is 0 Å². The molecule has 1 aromatic carbocycles. The number of anilines is 1. The molecule has 2 atom stereocenters. The Hall–Kier alpha value is -1.91. The van der Waals surface area contributed by atoms with Gasteiger partial charge in [-0.15, -0.1) is 0 Å². The number of hydrogen-bond acceptors (Lipinski definition) is 2. The van der Waals surface area contributed by atoms with Crippen LogP contribution in [0.4, 0.5) is 10.1 Å². The Morgan fingerprint density at radius 1 is 1.26 bits per heavy atom. The van der Waals surface area contributed by atoms with Crippen molar-refractivity contribution in [3.63, 3.8) is 0 Å². The van der Waals surface area contributed by atoms with Crippen LogP contribution < -0.4 is 4.90 Å². The number of carbonyl (C=O) groups is 2. The predicted octanol–water partition coefficient (Wildman–Crippen LogP) is 2.97. The quantitative estimate of drug-likeness (QED) is 0.859. The second-order valence-electron chi connectivity index (χ2n) is 6.47. The minimum absolute atomic E-state index is 0.0555. The number of likely N-dealkylation sites (tertiary alicyclic amines) is 1. The number of piperidine rings is 1. The highest BCUT2D eigenvalue weighted by molar-refractivity contribution is 6.00. The van der Waals surface area contributed by atoms with Crippen molar-refractivity contribution in [2.45, 2.75) is 45.1 Å². The molecule has 1 aromatic rings. The highest BCUT2D eigenvalue weighted by atomic mass is 19.1. The fraction of sp³-hybridized carbons (Fsp3) is 0.556. The number of nitrogens with zero attached hydrogens (tertiary/aromatic N) is 2. The van der Waals surface area contributed by atoms with Crippen molar-refractivity contribution in [2.24, 2.45) is 5.92 Å². The van der Waals surface area contributed by atoms with Gasteiger partial charge in [-0.1, -0.05) is 6.92 Å². The summed E-state index contributed by atoms with van der Waals surface area (Å²) in [6, 6.07) is 6.18. The maximum Gasteiger partial charge on any atom is 0.228 e. The zero-order valence-electron chi connectivity index (χ0n) is 13.5. The van der Waals surface area contributed by atoms with Gasteiger partial charge in [-0.3, -0.25) is 9.59 Å².